The Kier molecular flexibility index (Phi) is 6.83. The highest BCUT2D eigenvalue weighted by molar-refractivity contribution is 7.98. The number of aryl methyl sites for hydroxylation is 1. The lowest BCUT2D eigenvalue weighted by Gasteiger charge is -2.09. The maximum atomic E-state index is 12.5. The van der Waals surface area contributed by atoms with Crippen molar-refractivity contribution in [1.29, 1.82) is 0 Å². The fraction of sp³-hybridized carbons (Fsp3) is 0.200. The number of carbonyl (C=O) groups is 2. The number of nitrogens with one attached hydrogen (secondary N) is 1. The van der Waals surface area contributed by atoms with Crippen molar-refractivity contribution >= 4 is 35.4 Å². The Balaban J connectivity index is 2.06. The predicted molar refractivity (Wildman–Crippen MR) is 103 cm³/mol. The number of anilines is 1. The summed E-state index contributed by atoms with van der Waals surface area (Å²) in [4.78, 5) is 24.8. The van der Waals surface area contributed by atoms with Crippen molar-refractivity contribution in [2.75, 3.05) is 18.2 Å². The molecule has 0 saturated carbocycles. The minimum atomic E-state index is -0.371. The van der Waals surface area contributed by atoms with E-state index in [0.717, 1.165) is 16.0 Å². The van der Waals surface area contributed by atoms with Crippen LogP contribution in [0.5, 0.6) is 0 Å². The highest BCUT2D eigenvalue weighted by atomic mass is 32.2. The van der Waals surface area contributed by atoms with Gasteiger partial charge in [-0.1, -0.05) is 18.2 Å². The summed E-state index contributed by atoms with van der Waals surface area (Å²) in [6, 6.07) is 13.1. The van der Waals surface area contributed by atoms with E-state index < -0.39 is 0 Å². The maximum Gasteiger partial charge on any atom is 0.330 e. The molecule has 2 aromatic rings. The van der Waals surface area contributed by atoms with Gasteiger partial charge >= 0.3 is 5.97 Å². The highest BCUT2D eigenvalue weighted by Gasteiger charge is 2.10. The molecule has 1 N–H and O–H groups in total. The second-order valence-electron chi connectivity index (χ2n) is 5.34. The van der Waals surface area contributed by atoms with Crippen molar-refractivity contribution in [3.05, 3.63) is 65.2 Å². The van der Waals surface area contributed by atoms with Crippen molar-refractivity contribution < 1.29 is 14.3 Å². The maximum absolute atomic E-state index is 12.5. The van der Waals surface area contributed by atoms with E-state index in [2.05, 4.69) is 5.32 Å². The molecule has 5 heteroatoms. The third-order valence-electron chi connectivity index (χ3n) is 3.56. The molecule has 25 heavy (non-hydrogen) atoms. The molecule has 0 aliphatic rings. The van der Waals surface area contributed by atoms with Gasteiger partial charge in [0.1, 0.15) is 0 Å². The van der Waals surface area contributed by atoms with E-state index in [1.54, 1.807) is 36.9 Å². The van der Waals surface area contributed by atoms with E-state index in [9.17, 15) is 9.59 Å². The Hall–Kier alpha value is -2.53. The molecule has 0 aromatic heterocycles. The minimum Gasteiger partial charge on any atom is -0.463 e. The average molecular weight is 355 g/mol. The normalized spacial score (nSPS) is 10.7. The zero-order chi connectivity index (χ0) is 18.2. The van der Waals surface area contributed by atoms with Crippen LogP contribution in [0.1, 0.15) is 28.4 Å². The van der Waals surface area contributed by atoms with Crippen LogP contribution in [-0.4, -0.2) is 24.7 Å². The lowest BCUT2D eigenvalue weighted by molar-refractivity contribution is -0.137. The molecule has 0 aliphatic heterocycles. The van der Waals surface area contributed by atoms with Crippen molar-refractivity contribution in [3.63, 3.8) is 0 Å². The van der Waals surface area contributed by atoms with E-state index in [-0.39, 0.29) is 11.9 Å². The smallest absolute Gasteiger partial charge is 0.330 e. The first kappa shape index (κ1) is 18.8. The minimum absolute atomic E-state index is 0.136. The molecule has 2 rings (SSSR count). The lowest BCUT2D eigenvalue weighted by Crippen LogP contribution is -2.13. The molecule has 0 atom stereocenters. The largest absolute Gasteiger partial charge is 0.463 e. The van der Waals surface area contributed by atoms with Crippen LogP contribution < -0.4 is 5.32 Å². The van der Waals surface area contributed by atoms with Crippen LogP contribution in [0.25, 0.3) is 6.08 Å². The molecule has 0 unspecified atom stereocenters. The van der Waals surface area contributed by atoms with Gasteiger partial charge in [-0.3, -0.25) is 4.79 Å². The summed E-state index contributed by atoms with van der Waals surface area (Å²) in [6.07, 6.45) is 5.04. The van der Waals surface area contributed by atoms with Gasteiger partial charge in [0, 0.05) is 22.2 Å². The number of esters is 1. The molecule has 1 amide bonds. The summed E-state index contributed by atoms with van der Waals surface area (Å²) in [5.74, 6) is -0.507. The van der Waals surface area contributed by atoms with E-state index in [1.165, 1.54) is 6.08 Å². The van der Waals surface area contributed by atoms with Crippen LogP contribution in [0.3, 0.4) is 0 Å². The van der Waals surface area contributed by atoms with E-state index >= 15 is 0 Å². The van der Waals surface area contributed by atoms with Crippen LogP contribution >= 0.6 is 11.8 Å². The van der Waals surface area contributed by atoms with Gasteiger partial charge in [0.05, 0.1) is 6.61 Å². The Morgan fingerprint density at radius 2 is 1.88 bits per heavy atom. The fourth-order valence-corrected chi connectivity index (χ4v) is 2.64. The summed E-state index contributed by atoms with van der Waals surface area (Å²) >= 11 is 1.60. The lowest BCUT2D eigenvalue weighted by atomic mass is 10.1. The van der Waals surface area contributed by atoms with Crippen molar-refractivity contribution in [2.24, 2.45) is 0 Å². The van der Waals surface area contributed by atoms with Crippen molar-refractivity contribution in [2.45, 2.75) is 18.7 Å². The van der Waals surface area contributed by atoms with Gasteiger partial charge in [0.2, 0.25) is 0 Å². The average Bonchev–Trinajstić information content (AvgIpc) is 2.61. The number of hydrogen-bond acceptors (Lipinski definition) is 4. The van der Waals surface area contributed by atoms with Crippen LogP contribution in [0.4, 0.5) is 5.69 Å². The van der Waals surface area contributed by atoms with E-state index in [1.807, 2.05) is 43.5 Å². The zero-order valence-electron chi connectivity index (χ0n) is 14.5. The van der Waals surface area contributed by atoms with Gasteiger partial charge in [0.25, 0.3) is 5.91 Å². The Morgan fingerprint density at radius 3 is 2.52 bits per heavy atom. The molecule has 2 aromatic carbocycles. The van der Waals surface area contributed by atoms with Gasteiger partial charge in [0.15, 0.2) is 0 Å². The molecule has 0 aliphatic carbocycles. The molecule has 4 nitrogen and oxygen atoms in total. The van der Waals surface area contributed by atoms with Crippen LogP contribution in [0.2, 0.25) is 0 Å². The standard InChI is InChI=1S/C20H21NO3S/c1-4-24-19(22)12-8-15-6-9-16(10-7-15)21-20(23)18-13-17(25-3)11-5-14(18)2/h5-13H,4H2,1-3H3,(H,21,23)/b12-8+. The van der Waals surface area contributed by atoms with E-state index in [4.69, 9.17) is 4.74 Å². The Morgan fingerprint density at radius 1 is 1.16 bits per heavy atom. The van der Waals surface area contributed by atoms with Crippen LogP contribution in [-0.2, 0) is 9.53 Å². The van der Waals surface area contributed by atoms with Gasteiger partial charge in [-0.2, -0.15) is 0 Å². The van der Waals surface area contributed by atoms with Gasteiger partial charge in [-0.05, 0) is 61.6 Å². The first-order chi connectivity index (χ1) is 12.0. The number of rotatable bonds is 6. The monoisotopic (exact) mass is 355 g/mol. The molecular formula is C20H21NO3S. The molecule has 0 radical (unpaired) electrons. The van der Waals surface area contributed by atoms with Gasteiger partial charge < -0.3 is 10.1 Å². The van der Waals surface area contributed by atoms with Crippen LogP contribution in [0, 0.1) is 6.92 Å². The zero-order valence-corrected chi connectivity index (χ0v) is 15.4. The Labute approximate surface area is 152 Å². The Bertz CT molecular complexity index is 782. The molecule has 0 spiro atoms. The summed E-state index contributed by atoms with van der Waals surface area (Å²) in [7, 11) is 0. The molecule has 0 heterocycles. The first-order valence-electron chi connectivity index (χ1n) is 7.94. The SMILES string of the molecule is CCOC(=O)/C=C/c1ccc(NC(=O)c2cc(SC)ccc2C)cc1. The van der Waals surface area contributed by atoms with Gasteiger partial charge in [-0.25, -0.2) is 4.79 Å². The number of amides is 1. The number of thioether (sulfide) groups is 1. The summed E-state index contributed by atoms with van der Waals surface area (Å²) < 4.78 is 4.83. The molecule has 0 fully saturated rings. The second-order valence-corrected chi connectivity index (χ2v) is 6.22. The first-order valence-corrected chi connectivity index (χ1v) is 9.17. The van der Waals surface area contributed by atoms with Gasteiger partial charge in [-0.15, -0.1) is 11.8 Å². The molecule has 130 valence electrons. The summed E-state index contributed by atoms with van der Waals surface area (Å²) in [5, 5.41) is 2.90. The number of benzene rings is 2. The summed E-state index contributed by atoms with van der Waals surface area (Å²) in [6.45, 7) is 4.04. The fourth-order valence-electron chi connectivity index (χ4n) is 2.20. The highest BCUT2D eigenvalue weighted by Crippen LogP contribution is 2.20. The topological polar surface area (TPSA) is 55.4 Å². The van der Waals surface area contributed by atoms with E-state index in [0.29, 0.717) is 17.9 Å². The quantitative estimate of drug-likeness (QED) is 0.469. The predicted octanol–water partition coefficient (Wildman–Crippen LogP) is 4.55. The molecular weight excluding hydrogens is 334 g/mol. The third-order valence-corrected chi connectivity index (χ3v) is 4.28. The molecule has 0 bridgehead atoms. The number of hydrogen-bond donors (Lipinski definition) is 1. The van der Waals surface area contributed by atoms with Crippen LogP contribution in [0.15, 0.2) is 53.4 Å². The van der Waals surface area contributed by atoms with Crippen molar-refractivity contribution in [1.82, 2.24) is 0 Å². The number of carbonyl (C=O) groups excluding carboxylic acids is 2. The third kappa shape index (κ3) is 5.50. The summed E-state index contributed by atoms with van der Waals surface area (Å²) in [5.41, 5.74) is 3.15. The molecule has 0 saturated heterocycles. The van der Waals surface area contributed by atoms with Crippen molar-refractivity contribution in [3.8, 4) is 0 Å². The second kappa shape index (κ2) is 9.08. The number of ether oxygens (including phenoxy) is 1.